The first-order chi connectivity index (χ1) is 17.1. The summed E-state index contributed by atoms with van der Waals surface area (Å²) in [6, 6.07) is 0.664. The Labute approximate surface area is 221 Å². The first-order valence-electron chi connectivity index (χ1n) is 11.5. The molecule has 1 amide bonds. The summed E-state index contributed by atoms with van der Waals surface area (Å²) in [5.41, 5.74) is 6.77. The molecular formula is C24H35N5O6S2. The van der Waals surface area contributed by atoms with Crippen molar-refractivity contribution >= 4 is 39.2 Å². The van der Waals surface area contributed by atoms with Crippen molar-refractivity contribution in [3.8, 4) is 5.75 Å². The van der Waals surface area contributed by atoms with Crippen molar-refractivity contribution in [2.45, 2.75) is 70.9 Å². The van der Waals surface area contributed by atoms with E-state index in [1.165, 1.54) is 13.3 Å². The van der Waals surface area contributed by atoms with Gasteiger partial charge in [-0.15, -0.1) is 11.3 Å². The largest absolute Gasteiger partial charge is 0.496 e. The van der Waals surface area contributed by atoms with E-state index in [1.807, 2.05) is 0 Å². The molecule has 37 heavy (non-hydrogen) atoms. The highest BCUT2D eigenvalue weighted by atomic mass is 32.2. The fourth-order valence-corrected chi connectivity index (χ4v) is 6.21. The molecule has 0 unspecified atom stereocenters. The number of aromatic nitrogens is 1. The average Bonchev–Trinajstić information content (AvgIpc) is 3.31. The Morgan fingerprint density at radius 1 is 1.27 bits per heavy atom. The van der Waals surface area contributed by atoms with Crippen molar-refractivity contribution < 1.29 is 27.9 Å². The molecule has 4 N–H and O–H groups in total. The lowest BCUT2D eigenvalue weighted by Crippen LogP contribution is -2.54. The topological polar surface area (TPSA) is 164 Å². The third-order valence-electron chi connectivity index (χ3n) is 5.81. The predicted octanol–water partition coefficient (Wildman–Crippen LogP) is 3.48. The molecule has 0 saturated carbocycles. The van der Waals surface area contributed by atoms with Crippen molar-refractivity contribution in [1.29, 1.82) is 0 Å². The predicted molar refractivity (Wildman–Crippen MR) is 143 cm³/mol. The van der Waals surface area contributed by atoms with Crippen molar-refractivity contribution in [2.75, 3.05) is 13.7 Å². The number of aliphatic imine (C=N–C) groups is 1. The summed E-state index contributed by atoms with van der Waals surface area (Å²) in [6.45, 7) is 10.3. The Balaban J connectivity index is 2.19. The maximum Gasteiger partial charge on any atom is 0.408 e. The number of carbonyl (C=O) groups excluding carboxylic acids is 1. The van der Waals surface area contributed by atoms with Gasteiger partial charge in [0.2, 0.25) is 11.7 Å². The number of hydrogen-bond acceptors (Lipinski definition) is 8. The third kappa shape index (κ3) is 7.19. The van der Waals surface area contributed by atoms with E-state index in [-0.39, 0.29) is 35.2 Å². The number of benzene rings is 1. The number of nitrogens with one attached hydrogen (secondary N) is 1. The zero-order valence-electron chi connectivity index (χ0n) is 22.2. The molecule has 1 aromatic carbocycles. The summed E-state index contributed by atoms with van der Waals surface area (Å²) in [5.74, 6) is -0.116. The Hall–Kier alpha value is -3.19. The van der Waals surface area contributed by atoms with Gasteiger partial charge < -0.3 is 15.6 Å². The van der Waals surface area contributed by atoms with Crippen LogP contribution in [0, 0.1) is 20.8 Å². The van der Waals surface area contributed by atoms with Gasteiger partial charge in [0.25, 0.3) is 10.0 Å². The first-order valence-corrected chi connectivity index (χ1v) is 13.9. The normalized spacial score (nSPS) is 13.2. The highest BCUT2D eigenvalue weighted by Gasteiger charge is 2.38. The maximum absolute atomic E-state index is 13.1. The third-order valence-corrected chi connectivity index (χ3v) is 8.24. The molecule has 0 aliphatic rings. The minimum Gasteiger partial charge on any atom is -0.496 e. The molecule has 0 aliphatic carbocycles. The van der Waals surface area contributed by atoms with Crippen LogP contribution in [0.2, 0.25) is 0 Å². The summed E-state index contributed by atoms with van der Waals surface area (Å²) in [4.78, 5) is 34.5. The number of guanidine groups is 1. The van der Waals surface area contributed by atoms with Crippen LogP contribution in [0.25, 0.3) is 0 Å². The van der Waals surface area contributed by atoms with E-state index in [0.29, 0.717) is 22.4 Å². The second-order valence-corrected chi connectivity index (χ2v) is 12.0. The van der Waals surface area contributed by atoms with Gasteiger partial charge in [-0.25, -0.2) is 22.9 Å². The van der Waals surface area contributed by atoms with E-state index in [0.717, 1.165) is 16.2 Å². The molecule has 2 rings (SSSR count). The summed E-state index contributed by atoms with van der Waals surface area (Å²) in [6.07, 6.45) is 0.700. The number of amides is 1. The minimum absolute atomic E-state index is 0.0766. The lowest BCUT2D eigenvalue weighted by Gasteiger charge is -2.38. The van der Waals surface area contributed by atoms with Crippen LogP contribution in [0.15, 0.2) is 27.5 Å². The van der Waals surface area contributed by atoms with Crippen LogP contribution in [0.3, 0.4) is 0 Å². The molecule has 1 aromatic heterocycles. The average molecular weight is 554 g/mol. The molecule has 1 atom stereocenters. The van der Waals surface area contributed by atoms with Crippen LogP contribution in [0.1, 0.15) is 60.1 Å². The van der Waals surface area contributed by atoms with Crippen LogP contribution >= 0.6 is 11.3 Å². The number of hydrogen-bond donors (Lipinski definition) is 3. The van der Waals surface area contributed by atoms with E-state index in [2.05, 4.69) is 14.7 Å². The van der Waals surface area contributed by atoms with Crippen LogP contribution in [0.5, 0.6) is 5.75 Å². The fourth-order valence-electron chi connectivity index (χ4n) is 4.10. The zero-order valence-corrected chi connectivity index (χ0v) is 23.8. The molecule has 0 saturated heterocycles. The summed E-state index contributed by atoms with van der Waals surface area (Å²) >= 11 is 1.14. The van der Waals surface area contributed by atoms with Crippen LogP contribution in [0.4, 0.5) is 4.79 Å². The monoisotopic (exact) mass is 553 g/mol. The van der Waals surface area contributed by atoms with E-state index in [4.69, 9.17) is 10.5 Å². The van der Waals surface area contributed by atoms with Gasteiger partial charge in [0.05, 0.1) is 12.0 Å². The molecule has 0 radical (unpaired) electrons. The van der Waals surface area contributed by atoms with Crippen LogP contribution in [-0.2, 0) is 10.0 Å². The SMILES string of the molecule is COc1cc(C)c(S(=O)(=O)NC(N)=NCCC[C@H](C(=O)c2nccs2)N(C(=O)O)C(C)(C)C)c(C)c1C. The van der Waals surface area contributed by atoms with Crippen LogP contribution in [-0.4, -0.2) is 66.5 Å². The minimum atomic E-state index is -4.02. The number of carboxylic acid groups (broad SMARTS) is 1. The molecule has 1 heterocycles. The van der Waals surface area contributed by atoms with Gasteiger partial charge in [-0.3, -0.25) is 14.7 Å². The number of carbonyl (C=O) groups is 2. The number of sulfonamides is 1. The Morgan fingerprint density at radius 2 is 1.92 bits per heavy atom. The lowest BCUT2D eigenvalue weighted by molar-refractivity contribution is 0.0528. The van der Waals surface area contributed by atoms with Gasteiger partial charge in [-0.2, -0.15) is 0 Å². The van der Waals surface area contributed by atoms with Gasteiger partial charge >= 0.3 is 6.09 Å². The Kier molecular flexibility index (Phi) is 9.66. The fraction of sp³-hybridized carbons (Fsp3) is 0.500. The highest BCUT2D eigenvalue weighted by Crippen LogP contribution is 2.30. The number of thiazole rings is 1. The molecule has 13 heteroatoms. The van der Waals surface area contributed by atoms with Crippen molar-refractivity contribution in [3.63, 3.8) is 0 Å². The Bertz CT molecular complexity index is 1270. The van der Waals surface area contributed by atoms with E-state index < -0.39 is 33.5 Å². The van der Waals surface area contributed by atoms with Gasteiger partial charge in [0, 0.05) is 23.7 Å². The zero-order chi connectivity index (χ0) is 28.1. The molecule has 0 aliphatic heterocycles. The van der Waals surface area contributed by atoms with Crippen molar-refractivity contribution in [1.82, 2.24) is 14.6 Å². The number of methoxy groups -OCH3 is 1. The number of aryl methyl sites for hydroxylation is 1. The highest BCUT2D eigenvalue weighted by molar-refractivity contribution is 7.90. The van der Waals surface area contributed by atoms with Gasteiger partial charge in [0.15, 0.2) is 5.01 Å². The smallest absolute Gasteiger partial charge is 0.408 e. The first kappa shape index (κ1) is 30.0. The number of ether oxygens (including phenoxy) is 1. The number of Topliss-reactive ketones (excluding diaryl/α,β-unsaturated/α-hetero) is 1. The number of nitrogens with two attached hydrogens (primary N) is 1. The van der Waals surface area contributed by atoms with E-state index in [9.17, 15) is 23.1 Å². The maximum atomic E-state index is 13.1. The Morgan fingerprint density at radius 3 is 2.43 bits per heavy atom. The van der Waals surface area contributed by atoms with Gasteiger partial charge in [-0.1, -0.05) is 0 Å². The van der Waals surface area contributed by atoms with Gasteiger partial charge in [0.1, 0.15) is 11.8 Å². The number of nitrogens with zero attached hydrogens (tertiary/aromatic N) is 3. The van der Waals surface area contributed by atoms with Gasteiger partial charge in [-0.05, 0) is 77.1 Å². The quantitative estimate of drug-likeness (QED) is 0.174. The molecule has 0 spiro atoms. The van der Waals surface area contributed by atoms with Crippen molar-refractivity contribution in [3.05, 3.63) is 39.3 Å². The summed E-state index contributed by atoms with van der Waals surface area (Å²) in [5, 5.41) is 11.7. The number of rotatable bonds is 10. The molecule has 11 nitrogen and oxygen atoms in total. The van der Waals surface area contributed by atoms with E-state index >= 15 is 0 Å². The second-order valence-electron chi connectivity index (χ2n) is 9.53. The summed E-state index contributed by atoms with van der Waals surface area (Å²) in [7, 11) is -2.50. The summed E-state index contributed by atoms with van der Waals surface area (Å²) < 4.78 is 33.7. The molecular weight excluding hydrogens is 518 g/mol. The second kappa shape index (κ2) is 11.9. The standard InChI is InChI=1S/C24H35N5O6S2/c1-14-13-18(35-7)15(2)16(3)20(14)37(33,34)28-22(25)27-10-8-9-17(19(30)21-26-11-12-36-21)29(23(31)32)24(4,5)6/h11-13,17H,8-10H2,1-7H3,(H,31,32)(H3,25,27,28)/t17-/m1/s1. The molecule has 2 aromatic rings. The van der Waals surface area contributed by atoms with E-state index in [1.54, 1.807) is 53.0 Å². The number of ketones is 1. The lowest BCUT2D eigenvalue weighted by atomic mass is 9.98. The molecule has 0 bridgehead atoms. The van der Waals surface area contributed by atoms with Crippen molar-refractivity contribution in [2.24, 2.45) is 10.7 Å². The van der Waals surface area contributed by atoms with Crippen LogP contribution < -0.4 is 15.2 Å². The molecule has 0 fully saturated rings. The molecule has 204 valence electrons.